The Labute approximate surface area is 97.4 Å². The zero-order chi connectivity index (χ0) is 12.0. The molecule has 0 aromatic heterocycles. The Morgan fingerprint density at radius 1 is 1.38 bits per heavy atom. The zero-order valence-corrected chi connectivity index (χ0v) is 10.3. The summed E-state index contributed by atoms with van der Waals surface area (Å²) >= 11 is 0. The van der Waals surface area contributed by atoms with Gasteiger partial charge in [-0.15, -0.1) is 0 Å². The third kappa shape index (κ3) is 4.11. The van der Waals surface area contributed by atoms with Crippen molar-refractivity contribution in [2.45, 2.75) is 27.3 Å². The molecule has 3 nitrogen and oxygen atoms in total. The van der Waals surface area contributed by atoms with Gasteiger partial charge in [-0.1, -0.05) is 13.8 Å². The molecule has 0 aliphatic carbocycles. The Kier molecular flexibility index (Phi) is 5.12. The largest absolute Gasteiger partial charge is 0.508 e. The lowest BCUT2D eigenvalue weighted by molar-refractivity contribution is 0.338. The molecule has 90 valence electrons. The Balaban J connectivity index is 2.59. The van der Waals surface area contributed by atoms with Crippen molar-refractivity contribution >= 4 is 0 Å². The summed E-state index contributed by atoms with van der Waals surface area (Å²) < 4.78 is 5.39. The van der Waals surface area contributed by atoms with E-state index in [1.165, 1.54) is 0 Å². The maximum atomic E-state index is 9.67. The average molecular weight is 223 g/mol. The van der Waals surface area contributed by atoms with Crippen LogP contribution in [-0.2, 0) is 6.54 Å². The highest BCUT2D eigenvalue weighted by atomic mass is 16.5. The quantitative estimate of drug-likeness (QED) is 0.778. The minimum absolute atomic E-state index is 0.319. The molecule has 0 fully saturated rings. The van der Waals surface area contributed by atoms with E-state index in [-0.39, 0.29) is 0 Å². The SMILES string of the molecule is CCOc1ccc(O)c(CNCC(C)C)c1. The molecular weight excluding hydrogens is 202 g/mol. The zero-order valence-electron chi connectivity index (χ0n) is 10.3. The number of phenols is 1. The Morgan fingerprint density at radius 3 is 2.75 bits per heavy atom. The van der Waals surface area contributed by atoms with Gasteiger partial charge in [0.1, 0.15) is 11.5 Å². The van der Waals surface area contributed by atoms with E-state index in [1.54, 1.807) is 12.1 Å². The molecule has 2 N–H and O–H groups in total. The standard InChI is InChI=1S/C13H21NO2/c1-4-16-12-5-6-13(15)11(7-12)9-14-8-10(2)3/h5-7,10,14-15H,4,8-9H2,1-3H3. The summed E-state index contributed by atoms with van der Waals surface area (Å²) in [7, 11) is 0. The molecule has 16 heavy (non-hydrogen) atoms. The minimum atomic E-state index is 0.319. The van der Waals surface area contributed by atoms with Crippen molar-refractivity contribution < 1.29 is 9.84 Å². The molecule has 0 aliphatic rings. The van der Waals surface area contributed by atoms with Crippen LogP contribution < -0.4 is 10.1 Å². The molecule has 1 aromatic carbocycles. The van der Waals surface area contributed by atoms with Crippen LogP contribution in [-0.4, -0.2) is 18.3 Å². The van der Waals surface area contributed by atoms with Gasteiger partial charge in [0.2, 0.25) is 0 Å². The van der Waals surface area contributed by atoms with Crippen molar-refractivity contribution in [3.05, 3.63) is 23.8 Å². The number of rotatable bonds is 6. The van der Waals surface area contributed by atoms with E-state index >= 15 is 0 Å². The molecule has 0 amide bonds. The third-order valence-corrected chi connectivity index (χ3v) is 2.23. The number of hydrogen-bond donors (Lipinski definition) is 2. The fraction of sp³-hybridized carbons (Fsp3) is 0.538. The second kappa shape index (κ2) is 6.38. The number of aromatic hydroxyl groups is 1. The van der Waals surface area contributed by atoms with Crippen molar-refractivity contribution in [3.8, 4) is 11.5 Å². The average Bonchev–Trinajstić information content (AvgIpc) is 2.22. The van der Waals surface area contributed by atoms with Gasteiger partial charge in [-0.25, -0.2) is 0 Å². The van der Waals surface area contributed by atoms with Crippen LogP contribution in [0.5, 0.6) is 11.5 Å². The van der Waals surface area contributed by atoms with Crippen molar-refractivity contribution in [2.24, 2.45) is 5.92 Å². The fourth-order valence-electron chi connectivity index (χ4n) is 1.46. The first-order valence-electron chi connectivity index (χ1n) is 5.79. The summed E-state index contributed by atoms with van der Waals surface area (Å²) in [6, 6.07) is 5.34. The first kappa shape index (κ1) is 12.8. The molecule has 0 bridgehead atoms. The number of ether oxygens (including phenoxy) is 1. The van der Waals surface area contributed by atoms with Crippen molar-refractivity contribution in [1.29, 1.82) is 0 Å². The van der Waals surface area contributed by atoms with Gasteiger partial charge in [0.25, 0.3) is 0 Å². The molecule has 0 radical (unpaired) electrons. The number of nitrogens with one attached hydrogen (secondary N) is 1. The minimum Gasteiger partial charge on any atom is -0.508 e. The molecule has 0 spiro atoms. The van der Waals surface area contributed by atoms with Crippen LogP contribution in [0.15, 0.2) is 18.2 Å². The van der Waals surface area contributed by atoms with Gasteiger partial charge in [0, 0.05) is 12.1 Å². The number of phenolic OH excluding ortho intramolecular Hbond substituents is 1. The van der Waals surface area contributed by atoms with E-state index in [1.807, 2.05) is 13.0 Å². The third-order valence-electron chi connectivity index (χ3n) is 2.23. The van der Waals surface area contributed by atoms with E-state index in [9.17, 15) is 5.11 Å². The molecule has 0 atom stereocenters. The lowest BCUT2D eigenvalue weighted by atomic mass is 10.1. The van der Waals surface area contributed by atoms with E-state index < -0.39 is 0 Å². The predicted molar refractivity (Wildman–Crippen MR) is 65.8 cm³/mol. The van der Waals surface area contributed by atoms with Crippen LogP contribution in [0.1, 0.15) is 26.3 Å². The molecule has 0 heterocycles. The molecule has 1 rings (SSSR count). The topological polar surface area (TPSA) is 41.5 Å². The summed E-state index contributed by atoms with van der Waals surface area (Å²) in [6.45, 7) is 8.52. The molecule has 0 saturated carbocycles. The monoisotopic (exact) mass is 223 g/mol. The normalized spacial score (nSPS) is 10.8. The highest BCUT2D eigenvalue weighted by Crippen LogP contribution is 2.22. The molecule has 0 unspecified atom stereocenters. The number of benzene rings is 1. The molecular formula is C13H21NO2. The lowest BCUT2D eigenvalue weighted by Gasteiger charge is -2.10. The van der Waals surface area contributed by atoms with Gasteiger partial charge < -0.3 is 15.2 Å². The van der Waals surface area contributed by atoms with Crippen molar-refractivity contribution in [3.63, 3.8) is 0 Å². The van der Waals surface area contributed by atoms with Gasteiger partial charge in [0.15, 0.2) is 0 Å². The maximum absolute atomic E-state index is 9.67. The van der Waals surface area contributed by atoms with Crippen molar-refractivity contribution in [2.75, 3.05) is 13.2 Å². The van der Waals surface area contributed by atoms with E-state index in [2.05, 4.69) is 19.2 Å². The Morgan fingerprint density at radius 2 is 2.12 bits per heavy atom. The second-order valence-corrected chi connectivity index (χ2v) is 4.25. The van der Waals surface area contributed by atoms with E-state index in [0.29, 0.717) is 24.8 Å². The highest BCUT2D eigenvalue weighted by molar-refractivity contribution is 5.39. The van der Waals surface area contributed by atoms with E-state index in [0.717, 1.165) is 17.9 Å². The van der Waals surface area contributed by atoms with Crippen LogP contribution in [0, 0.1) is 5.92 Å². The Bertz CT molecular complexity index is 324. The molecule has 1 aromatic rings. The van der Waals surface area contributed by atoms with Gasteiger partial charge >= 0.3 is 0 Å². The summed E-state index contributed by atoms with van der Waals surface area (Å²) in [4.78, 5) is 0. The fourth-order valence-corrected chi connectivity index (χ4v) is 1.46. The molecule has 0 saturated heterocycles. The highest BCUT2D eigenvalue weighted by Gasteiger charge is 2.03. The summed E-state index contributed by atoms with van der Waals surface area (Å²) in [6.07, 6.45) is 0. The lowest BCUT2D eigenvalue weighted by Crippen LogP contribution is -2.19. The van der Waals surface area contributed by atoms with Crippen LogP contribution in [0.4, 0.5) is 0 Å². The maximum Gasteiger partial charge on any atom is 0.120 e. The smallest absolute Gasteiger partial charge is 0.120 e. The van der Waals surface area contributed by atoms with Gasteiger partial charge in [-0.3, -0.25) is 0 Å². The summed E-state index contributed by atoms with van der Waals surface area (Å²) in [5.41, 5.74) is 0.881. The van der Waals surface area contributed by atoms with Crippen LogP contribution in [0.2, 0.25) is 0 Å². The first-order valence-corrected chi connectivity index (χ1v) is 5.79. The van der Waals surface area contributed by atoms with Crippen LogP contribution in [0.3, 0.4) is 0 Å². The summed E-state index contributed by atoms with van der Waals surface area (Å²) in [5.74, 6) is 1.73. The summed E-state index contributed by atoms with van der Waals surface area (Å²) in [5, 5.41) is 13.0. The van der Waals surface area contributed by atoms with Crippen molar-refractivity contribution in [1.82, 2.24) is 5.32 Å². The van der Waals surface area contributed by atoms with Crippen LogP contribution >= 0.6 is 0 Å². The molecule has 3 heteroatoms. The van der Waals surface area contributed by atoms with Gasteiger partial charge in [-0.05, 0) is 37.6 Å². The Hall–Kier alpha value is -1.22. The first-order chi connectivity index (χ1) is 7.63. The predicted octanol–water partition coefficient (Wildman–Crippen LogP) is 2.54. The van der Waals surface area contributed by atoms with Crippen LogP contribution in [0.25, 0.3) is 0 Å². The number of hydrogen-bond acceptors (Lipinski definition) is 3. The van der Waals surface area contributed by atoms with Gasteiger partial charge in [-0.2, -0.15) is 0 Å². The van der Waals surface area contributed by atoms with E-state index in [4.69, 9.17) is 4.74 Å². The van der Waals surface area contributed by atoms with Gasteiger partial charge in [0.05, 0.1) is 6.61 Å². The molecule has 0 aliphatic heterocycles. The second-order valence-electron chi connectivity index (χ2n) is 4.25.